The second-order valence-corrected chi connectivity index (χ2v) is 13.0. The van der Waals surface area contributed by atoms with Gasteiger partial charge in [-0.15, -0.1) is 0 Å². The minimum Gasteiger partial charge on any atom is -0.468 e. The van der Waals surface area contributed by atoms with Crippen LogP contribution in [0.2, 0.25) is 0 Å². The lowest BCUT2D eigenvalue weighted by atomic mass is 9.76. The number of sulfonamides is 1. The van der Waals surface area contributed by atoms with E-state index in [2.05, 4.69) is 5.32 Å². The molecule has 0 spiro atoms. The van der Waals surface area contributed by atoms with E-state index in [0.29, 0.717) is 23.3 Å². The van der Waals surface area contributed by atoms with Gasteiger partial charge in [-0.05, 0) is 35.4 Å². The molecule has 2 amide bonds. The Morgan fingerprint density at radius 3 is 2.05 bits per heavy atom. The third-order valence-corrected chi connectivity index (χ3v) is 10.1. The summed E-state index contributed by atoms with van der Waals surface area (Å²) in [7, 11) is -1.94. The van der Waals surface area contributed by atoms with Crippen molar-refractivity contribution in [2.45, 2.75) is 35.6 Å². The van der Waals surface area contributed by atoms with E-state index in [1.807, 2.05) is 0 Å². The molecule has 3 aromatic rings. The maximum Gasteiger partial charge on any atom is 0.416 e. The first kappa shape index (κ1) is 31.4. The smallest absolute Gasteiger partial charge is 0.416 e. The van der Waals surface area contributed by atoms with Crippen LogP contribution < -0.4 is 5.32 Å². The van der Waals surface area contributed by atoms with Crippen LogP contribution in [0.15, 0.2) is 89.8 Å². The number of imide groups is 1. The number of halogens is 3. The highest BCUT2D eigenvalue weighted by molar-refractivity contribution is 7.89. The summed E-state index contributed by atoms with van der Waals surface area (Å²) in [4.78, 5) is 42.2. The monoisotopic (exact) mass is 629 g/mol. The molecule has 1 N–H and O–H groups in total. The minimum absolute atomic E-state index is 0.0221. The van der Waals surface area contributed by atoms with Crippen LogP contribution >= 0.6 is 0 Å². The number of alkyl halides is 3. The number of hydrogen-bond acceptors (Lipinski definition) is 7. The van der Waals surface area contributed by atoms with E-state index < -0.39 is 63.0 Å². The van der Waals surface area contributed by atoms with Crippen LogP contribution in [-0.2, 0) is 48.3 Å². The molecule has 232 valence electrons. The molecular weight excluding hydrogens is 599 g/mol. The Morgan fingerprint density at radius 2 is 1.50 bits per heavy atom. The van der Waals surface area contributed by atoms with Gasteiger partial charge in [-0.25, -0.2) is 8.42 Å². The Hall–Kier alpha value is -4.07. The third kappa shape index (κ3) is 5.62. The van der Waals surface area contributed by atoms with Gasteiger partial charge in [0, 0.05) is 26.1 Å². The van der Waals surface area contributed by atoms with E-state index in [1.165, 1.54) is 14.2 Å². The molecule has 0 aliphatic carbocycles. The molecule has 2 fully saturated rings. The number of fused-ring (bicyclic) bond motifs is 1. The molecule has 44 heavy (non-hydrogen) atoms. The highest BCUT2D eigenvalue weighted by atomic mass is 32.2. The molecule has 0 unspecified atom stereocenters. The largest absolute Gasteiger partial charge is 0.468 e. The predicted octanol–water partition coefficient (Wildman–Crippen LogP) is 3.25. The van der Waals surface area contributed by atoms with Crippen molar-refractivity contribution in [1.82, 2.24) is 14.5 Å². The van der Waals surface area contributed by atoms with Crippen molar-refractivity contribution in [3.05, 3.63) is 102 Å². The first-order valence-corrected chi connectivity index (χ1v) is 15.2. The Bertz CT molecular complexity index is 1650. The number of likely N-dealkylation sites (N-methyl/N-ethyl adjacent to an activating group) is 1. The minimum atomic E-state index is -4.64. The van der Waals surface area contributed by atoms with Crippen LogP contribution in [0.4, 0.5) is 13.2 Å². The van der Waals surface area contributed by atoms with E-state index in [-0.39, 0.29) is 24.4 Å². The predicted molar refractivity (Wildman–Crippen MR) is 152 cm³/mol. The van der Waals surface area contributed by atoms with E-state index in [0.717, 1.165) is 21.3 Å². The van der Waals surface area contributed by atoms with Crippen molar-refractivity contribution in [1.29, 1.82) is 0 Å². The van der Waals surface area contributed by atoms with Crippen molar-refractivity contribution in [3.8, 4) is 0 Å². The zero-order valence-corrected chi connectivity index (χ0v) is 24.6. The van der Waals surface area contributed by atoms with E-state index in [9.17, 15) is 36.0 Å². The number of carbonyl (C=O) groups excluding carboxylic acids is 3. The molecule has 0 saturated carbocycles. The number of nitrogens with zero attached hydrogens (tertiary/aromatic N) is 2. The number of nitrogens with one attached hydrogen (secondary N) is 1. The van der Waals surface area contributed by atoms with Crippen LogP contribution in [0, 0.1) is 11.8 Å². The van der Waals surface area contributed by atoms with E-state index >= 15 is 0 Å². The molecule has 5 rings (SSSR count). The Morgan fingerprint density at radius 1 is 0.932 bits per heavy atom. The molecule has 2 saturated heterocycles. The highest BCUT2D eigenvalue weighted by Crippen LogP contribution is 2.46. The van der Waals surface area contributed by atoms with E-state index in [4.69, 9.17) is 4.74 Å². The highest BCUT2D eigenvalue weighted by Gasteiger charge is 2.68. The van der Waals surface area contributed by atoms with Crippen molar-refractivity contribution in [3.63, 3.8) is 0 Å². The number of benzene rings is 3. The number of likely N-dealkylation sites (tertiary alicyclic amines) is 1. The van der Waals surface area contributed by atoms with Gasteiger partial charge in [-0.1, -0.05) is 60.7 Å². The molecule has 2 heterocycles. The zero-order chi connectivity index (χ0) is 31.9. The Balaban J connectivity index is 1.52. The van der Waals surface area contributed by atoms with Gasteiger partial charge in [0.15, 0.2) is 0 Å². The van der Waals surface area contributed by atoms with Gasteiger partial charge in [-0.3, -0.25) is 24.6 Å². The van der Waals surface area contributed by atoms with Crippen LogP contribution in [-0.4, -0.2) is 67.7 Å². The van der Waals surface area contributed by atoms with Gasteiger partial charge in [0.25, 0.3) is 0 Å². The fourth-order valence-electron chi connectivity index (χ4n) is 6.16. The number of esters is 1. The SMILES string of the molecule is COC(=O)[C@]1(Cc2ccccc2)N[C@H](CN(C)S(=O)(=O)c2ccc(C(F)(F)F)cc2)[C@@H]2C(=O)N(Cc3ccccc3)C(=O)[C@@H]21. The first-order chi connectivity index (χ1) is 20.8. The maximum atomic E-state index is 14.0. The number of amides is 2. The molecule has 4 atom stereocenters. The van der Waals surface area contributed by atoms with Gasteiger partial charge in [0.1, 0.15) is 5.54 Å². The summed E-state index contributed by atoms with van der Waals surface area (Å²) in [6.07, 6.45) is -4.67. The van der Waals surface area contributed by atoms with Crippen LogP contribution in [0.25, 0.3) is 0 Å². The molecule has 0 radical (unpaired) electrons. The molecule has 0 aromatic heterocycles. The van der Waals surface area contributed by atoms with E-state index in [1.54, 1.807) is 60.7 Å². The van der Waals surface area contributed by atoms with Gasteiger partial charge in [0.05, 0.1) is 35.9 Å². The fourth-order valence-corrected chi connectivity index (χ4v) is 7.35. The average molecular weight is 630 g/mol. The molecule has 9 nitrogen and oxygen atoms in total. The van der Waals surface area contributed by atoms with Gasteiger partial charge < -0.3 is 4.74 Å². The van der Waals surface area contributed by atoms with Crippen molar-refractivity contribution in [2.75, 3.05) is 20.7 Å². The van der Waals surface area contributed by atoms with Crippen LogP contribution in [0.1, 0.15) is 16.7 Å². The second kappa shape index (κ2) is 11.8. The summed E-state index contributed by atoms with van der Waals surface area (Å²) in [6, 6.07) is 19.7. The topological polar surface area (TPSA) is 113 Å². The van der Waals surface area contributed by atoms with Crippen molar-refractivity contribution >= 4 is 27.8 Å². The number of rotatable bonds is 9. The van der Waals surface area contributed by atoms with Crippen molar-refractivity contribution < 1.29 is 40.7 Å². The molecule has 2 aliphatic heterocycles. The normalized spacial score (nSPS) is 23.7. The van der Waals surface area contributed by atoms with Gasteiger partial charge in [-0.2, -0.15) is 17.5 Å². The molecule has 3 aromatic carbocycles. The summed E-state index contributed by atoms with van der Waals surface area (Å²) >= 11 is 0. The maximum absolute atomic E-state index is 14.0. The third-order valence-electron chi connectivity index (χ3n) is 8.25. The summed E-state index contributed by atoms with van der Waals surface area (Å²) in [5.74, 6) is -4.28. The quantitative estimate of drug-likeness (QED) is 0.286. The number of carbonyl (C=O) groups is 3. The first-order valence-electron chi connectivity index (χ1n) is 13.7. The zero-order valence-electron chi connectivity index (χ0n) is 23.8. The van der Waals surface area contributed by atoms with Gasteiger partial charge in [0.2, 0.25) is 21.8 Å². The standard InChI is InChI=1S/C31H30F3N3O6S/c1-36(44(41,42)23-15-13-22(14-16-23)31(32,33)34)19-24-25-26(28(39)37(27(25)38)18-21-11-7-4-8-12-21)30(35-24,29(40)43-2)17-20-9-5-3-6-10-20/h3-16,24-26,35H,17-19H2,1-2H3/t24-,25+,26-,30-/m1/s1. The fraction of sp³-hybridized carbons (Fsp3) is 0.323. The Labute approximate surface area is 252 Å². The average Bonchev–Trinajstić information content (AvgIpc) is 3.46. The number of ether oxygens (including phenoxy) is 1. The lowest BCUT2D eigenvalue weighted by molar-refractivity contribution is -0.154. The number of hydrogen-bond donors (Lipinski definition) is 1. The number of methoxy groups -OCH3 is 1. The molecular formula is C31H30F3N3O6S. The molecule has 0 bridgehead atoms. The lowest BCUT2D eigenvalue weighted by Crippen LogP contribution is -2.59. The Kier molecular flexibility index (Phi) is 8.40. The summed E-state index contributed by atoms with van der Waals surface area (Å²) < 4.78 is 72.1. The summed E-state index contributed by atoms with van der Waals surface area (Å²) in [6.45, 7) is -0.406. The molecule has 2 aliphatic rings. The lowest BCUT2D eigenvalue weighted by Gasteiger charge is -2.33. The summed E-state index contributed by atoms with van der Waals surface area (Å²) in [5, 5.41) is 3.14. The van der Waals surface area contributed by atoms with Crippen molar-refractivity contribution in [2.24, 2.45) is 11.8 Å². The molecule has 13 heteroatoms. The van der Waals surface area contributed by atoms with Gasteiger partial charge >= 0.3 is 12.1 Å². The second-order valence-electron chi connectivity index (χ2n) is 10.9. The van der Waals surface area contributed by atoms with Crippen LogP contribution in [0.5, 0.6) is 0 Å². The summed E-state index contributed by atoms with van der Waals surface area (Å²) in [5.41, 5.74) is -1.34. The van der Waals surface area contributed by atoms with Crippen LogP contribution in [0.3, 0.4) is 0 Å².